The van der Waals surface area contributed by atoms with Crippen LogP contribution in [0.15, 0.2) is 36.4 Å². The molecule has 0 spiro atoms. The van der Waals surface area contributed by atoms with Crippen LogP contribution in [0.2, 0.25) is 0 Å². The Bertz CT molecular complexity index is 581. The van der Waals surface area contributed by atoms with Crippen molar-refractivity contribution in [2.45, 2.75) is 13.3 Å². The molecule has 2 aromatic carbocycles. The van der Waals surface area contributed by atoms with Gasteiger partial charge in [-0.05, 0) is 42.6 Å². The van der Waals surface area contributed by atoms with E-state index in [1.807, 2.05) is 25.1 Å². The minimum atomic E-state index is -0.326. The summed E-state index contributed by atoms with van der Waals surface area (Å²) >= 11 is 0. The van der Waals surface area contributed by atoms with Crippen LogP contribution in [-0.2, 0) is 6.42 Å². The first-order chi connectivity index (χ1) is 9.17. The van der Waals surface area contributed by atoms with Crippen molar-refractivity contribution < 1.29 is 9.13 Å². The summed E-state index contributed by atoms with van der Waals surface area (Å²) in [5, 5.41) is 0. The number of hydrogen-bond acceptors (Lipinski definition) is 2. The molecule has 0 amide bonds. The van der Waals surface area contributed by atoms with Gasteiger partial charge in [0.2, 0.25) is 0 Å². The molecule has 2 N–H and O–H groups in total. The number of aryl methyl sites for hydroxylation is 1. The summed E-state index contributed by atoms with van der Waals surface area (Å²) in [5.74, 6) is -0.0639. The average Bonchev–Trinajstić information content (AvgIpc) is 2.42. The van der Waals surface area contributed by atoms with Gasteiger partial charge in [0, 0.05) is 5.56 Å². The molecule has 0 aliphatic rings. The Morgan fingerprint density at radius 3 is 2.68 bits per heavy atom. The van der Waals surface area contributed by atoms with E-state index < -0.39 is 0 Å². The van der Waals surface area contributed by atoms with Crippen LogP contribution >= 0.6 is 0 Å². The fraction of sp³-hybridized carbons (Fsp3) is 0.250. The summed E-state index contributed by atoms with van der Waals surface area (Å²) in [6.45, 7) is 2.63. The van der Waals surface area contributed by atoms with Crippen LogP contribution in [0, 0.1) is 12.7 Å². The SMILES string of the molecule is COc1cccc(-c2ccc(C)c(CCN)c2)c1F. The van der Waals surface area contributed by atoms with E-state index >= 15 is 0 Å². The monoisotopic (exact) mass is 259 g/mol. The summed E-state index contributed by atoms with van der Waals surface area (Å²) in [6.07, 6.45) is 0.797. The topological polar surface area (TPSA) is 35.2 Å². The Labute approximate surface area is 113 Å². The van der Waals surface area contributed by atoms with Crippen LogP contribution < -0.4 is 10.5 Å². The van der Waals surface area contributed by atoms with Crippen LogP contribution in [0.5, 0.6) is 5.75 Å². The van der Waals surface area contributed by atoms with E-state index in [2.05, 4.69) is 0 Å². The minimum Gasteiger partial charge on any atom is -0.494 e. The summed E-state index contributed by atoms with van der Waals surface area (Å²) in [4.78, 5) is 0. The van der Waals surface area contributed by atoms with Crippen molar-refractivity contribution in [1.82, 2.24) is 0 Å². The summed E-state index contributed by atoms with van der Waals surface area (Å²) in [7, 11) is 1.47. The van der Waals surface area contributed by atoms with Crippen LogP contribution in [0.4, 0.5) is 4.39 Å². The smallest absolute Gasteiger partial charge is 0.172 e. The van der Waals surface area contributed by atoms with Crippen molar-refractivity contribution in [3.8, 4) is 16.9 Å². The Hall–Kier alpha value is -1.87. The maximum absolute atomic E-state index is 14.2. The van der Waals surface area contributed by atoms with E-state index in [-0.39, 0.29) is 11.6 Å². The zero-order chi connectivity index (χ0) is 13.8. The van der Waals surface area contributed by atoms with Gasteiger partial charge in [0.15, 0.2) is 11.6 Å². The normalized spacial score (nSPS) is 10.5. The molecule has 19 heavy (non-hydrogen) atoms. The molecule has 0 bridgehead atoms. The van der Waals surface area contributed by atoms with Gasteiger partial charge in [0.1, 0.15) is 0 Å². The van der Waals surface area contributed by atoms with Gasteiger partial charge in [-0.15, -0.1) is 0 Å². The van der Waals surface area contributed by atoms with Crippen molar-refractivity contribution >= 4 is 0 Å². The minimum absolute atomic E-state index is 0.262. The lowest BCUT2D eigenvalue weighted by molar-refractivity contribution is 0.387. The molecule has 0 saturated heterocycles. The summed E-state index contributed by atoms with van der Waals surface area (Å²) < 4.78 is 19.2. The second kappa shape index (κ2) is 5.85. The van der Waals surface area contributed by atoms with Crippen LogP contribution in [0.3, 0.4) is 0 Å². The molecule has 0 radical (unpaired) electrons. The molecule has 0 atom stereocenters. The zero-order valence-electron chi connectivity index (χ0n) is 11.2. The third-order valence-electron chi connectivity index (χ3n) is 3.26. The highest BCUT2D eigenvalue weighted by molar-refractivity contribution is 5.67. The Morgan fingerprint density at radius 1 is 1.21 bits per heavy atom. The molecule has 2 aromatic rings. The van der Waals surface area contributed by atoms with Crippen molar-refractivity contribution in [3.63, 3.8) is 0 Å². The van der Waals surface area contributed by atoms with Gasteiger partial charge >= 0.3 is 0 Å². The molecule has 3 heteroatoms. The molecule has 2 nitrogen and oxygen atoms in total. The predicted octanol–water partition coefficient (Wildman–Crippen LogP) is 3.31. The number of ether oxygens (including phenoxy) is 1. The van der Waals surface area contributed by atoms with Crippen molar-refractivity contribution in [1.29, 1.82) is 0 Å². The van der Waals surface area contributed by atoms with Crippen molar-refractivity contribution in [3.05, 3.63) is 53.3 Å². The molecule has 0 heterocycles. The molecule has 0 unspecified atom stereocenters. The zero-order valence-corrected chi connectivity index (χ0v) is 11.2. The van der Waals surface area contributed by atoms with Crippen LogP contribution in [0.1, 0.15) is 11.1 Å². The van der Waals surface area contributed by atoms with Gasteiger partial charge in [-0.25, -0.2) is 4.39 Å². The van der Waals surface area contributed by atoms with Crippen molar-refractivity contribution in [2.75, 3.05) is 13.7 Å². The van der Waals surface area contributed by atoms with E-state index in [4.69, 9.17) is 10.5 Å². The lowest BCUT2D eigenvalue weighted by Gasteiger charge is -2.11. The number of benzene rings is 2. The third kappa shape index (κ3) is 2.76. The van der Waals surface area contributed by atoms with Crippen LogP contribution in [0.25, 0.3) is 11.1 Å². The lowest BCUT2D eigenvalue weighted by atomic mass is 9.97. The fourth-order valence-electron chi connectivity index (χ4n) is 2.16. The van der Waals surface area contributed by atoms with Gasteiger partial charge < -0.3 is 10.5 Å². The third-order valence-corrected chi connectivity index (χ3v) is 3.26. The predicted molar refractivity (Wildman–Crippen MR) is 75.9 cm³/mol. The number of hydrogen-bond donors (Lipinski definition) is 1. The van der Waals surface area contributed by atoms with Gasteiger partial charge in [0.25, 0.3) is 0 Å². The molecular formula is C16H18FNO. The van der Waals surface area contributed by atoms with E-state index in [0.29, 0.717) is 12.1 Å². The summed E-state index contributed by atoms with van der Waals surface area (Å²) in [6, 6.07) is 11.1. The molecule has 0 aliphatic heterocycles. The number of rotatable bonds is 4. The highest BCUT2D eigenvalue weighted by Gasteiger charge is 2.11. The highest BCUT2D eigenvalue weighted by atomic mass is 19.1. The fourth-order valence-corrected chi connectivity index (χ4v) is 2.16. The molecule has 0 saturated carbocycles. The molecule has 0 fully saturated rings. The van der Waals surface area contributed by atoms with Gasteiger partial charge in [-0.2, -0.15) is 0 Å². The quantitative estimate of drug-likeness (QED) is 0.914. The van der Waals surface area contributed by atoms with E-state index in [1.54, 1.807) is 18.2 Å². The molecule has 0 aromatic heterocycles. The number of halogens is 1. The maximum atomic E-state index is 14.2. The first-order valence-electron chi connectivity index (χ1n) is 6.30. The van der Waals surface area contributed by atoms with E-state index in [0.717, 1.165) is 17.5 Å². The second-order valence-corrected chi connectivity index (χ2v) is 4.50. The standard InChI is InChI=1S/C16H18FNO/c1-11-6-7-13(10-12(11)8-9-18)14-4-3-5-15(19-2)16(14)17/h3-7,10H,8-9,18H2,1-2H3. The second-order valence-electron chi connectivity index (χ2n) is 4.50. The number of methoxy groups -OCH3 is 1. The Balaban J connectivity index is 2.50. The molecule has 100 valence electrons. The first-order valence-corrected chi connectivity index (χ1v) is 6.30. The average molecular weight is 259 g/mol. The van der Waals surface area contributed by atoms with E-state index in [1.165, 1.54) is 12.7 Å². The van der Waals surface area contributed by atoms with Gasteiger partial charge in [-0.1, -0.05) is 30.3 Å². The molecular weight excluding hydrogens is 241 g/mol. The number of nitrogens with two attached hydrogens (primary N) is 1. The first kappa shape index (κ1) is 13.6. The van der Waals surface area contributed by atoms with E-state index in [9.17, 15) is 4.39 Å². The Morgan fingerprint density at radius 2 is 2.00 bits per heavy atom. The lowest BCUT2D eigenvalue weighted by Crippen LogP contribution is -2.04. The van der Waals surface area contributed by atoms with Crippen molar-refractivity contribution in [2.24, 2.45) is 5.73 Å². The maximum Gasteiger partial charge on any atom is 0.172 e. The highest BCUT2D eigenvalue weighted by Crippen LogP contribution is 2.30. The largest absolute Gasteiger partial charge is 0.494 e. The Kier molecular flexibility index (Phi) is 4.17. The molecule has 0 aliphatic carbocycles. The molecule has 2 rings (SSSR count). The van der Waals surface area contributed by atoms with Gasteiger partial charge in [0.05, 0.1) is 7.11 Å². The van der Waals surface area contributed by atoms with Gasteiger partial charge in [-0.3, -0.25) is 0 Å². The van der Waals surface area contributed by atoms with Crippen LogP contribution in [-0.4, -0.2) is 13.7 Å². The summed E-state index contributed by atoms with van der Waals surface area (Å²) in [5.41, 5.74) is 9.34.